The molecule has 0 spiro atoms. The number of aryl methyl sites for hydroxylation is 2. The molecule has 0 aliphatic heterocycles. The van der Waals surface area contributed by atoms with Gasteiger partial charge in [0.05, 0.1) is 5.69 Å². The first-order valence-corrected chi connectivity index (χ1v) is 10.9. The fourth-order valence-electron chi connectivity index (χ4n) is 2.87. The van der Waals surface area contributed by atoms with Gasteiger partial charge in [-0.15, -0.1) is 11.3 Å². The number of thiazole rings is 1. The molecular formula is C22H18BrN5OS. The van der Waals surface area contributed by atoms with Gasteiger partial charge in [-0.25, -0.2) is 15.0 Å². The third-order valence-electron chi connectivity index (χ3n) is 4.25. The first-order chi connectivity index (χ1) is 14.5. The van der Waals surface area contributed by atoms with E-state index >= 15 is 0 Å². The number of nitrogens with zero attached hydrogens (tertiary/aromatic N) is 3. The van der Waals surface area contributed by atoms with Crippen LogP contribution >= 0.6 is 27.3 Å². The molecule has 2 aromatic heterocycles. The van der Waals surface area contributed by atoms with Crippen LogP contribution in [0.15, 0.2) is 64.5 Å². The summed E-state index contributed by atoms with van der Waals surface area (Å²) in [6.45, 7) is 3.85. The number of hydrogen-bond acceptors (Lipinski definition) is 6. The number of rotatable bonds is 5. The summed E-state index contributed by atoms with van der Waals surface area (Å²) in [7, 11) is 0. The van der Waals surface area contributed by atoms with Crippen molar-refractivity contribution in [1.82, 2.24) is 15.0 Å². The SMILES string of the molecule is Cc1cc(C)nc(Nc2ccc(C(=O)Nc3nc(-c4ccc(Br)cc4)cs3)cc2)n1. The van der Waals surface area contributed by atoms with Crippen LogP contribution < -0.4 is 10.6 Å². The van der Waals surface area contributed by atoms with Gasteiger partial charge in [0.15, 0.2) is 5.13 Å². The molecule has 0 unspecified atom stereocenters. The summed E-state index contributed by atoms with van der Waals surface area (Å²) in [4.78, 5) is 25.8. The van der Waals surface area contributed by atoms with Crippen molar-refractivity contribution in [3.8, 4) is 11.3 Å². The molecular weight excluding hydrogens is 462 g/mol. The van der Waals surface area contributed by atoms with E-state index in [-0.39, 0.29) is 5.91 Å². The Bertz CT molecular complexity index is 1170. The van der Waals surface area contributed by atoms with Crippen molar-refractivity contribution >= 4 is 49.9 Å². The van der Waals surface area contributed by atoms with Gasteiger partial charge in [0, 0.05) is 38.1 Å². The van der Waals surface area contributed by atoms with Crippen LogP contribution in [0.4, 0.5) is 16.8 Å². The topological polar surface area (TPSA) is 79.8 Å². The fourth-order valence-corrected chi connectivity index (χ4v) is 3.85. The summed E-state index contributed by atoms with van der Waals surface area (Å²) < 4.78 is 1.01. The molecule has 1 amide bonds. The Hall–Kier alpha value is -3.10. The third kappa shape index (κ3) is 4.90. The molecule has 0 aliphatic rings. The highest BCUT2D eigenvalue weighted by molar-refractivity contribution is 9.10. The zero-order valence-electron chi connectivity index (χ0n) is 16.3. The van der Waals surface area contributed by atoms with E-state index in [1.165, 1.54) is 11.3 Å². The lowest BCUT2D eigenvalue weighted by atomic mass is 10.2. The Labute approximate surface area is 186 Å². The maximum Gasteiger partial charge on any atom is 0.257 e. The summed E-state index contributed by atoms with van der Waals surface area (Å²) in [5.41, 5.74) is 4.97. The molecule has 0 fully saturated rings. The van der Waals surface area contributed by atoms with Crippen molar-refractivity contribution in [1.29, 1.82) is 0 Å². The van der Waals surface area contributed by atoms with Gasteiger partial charge in [0.1, 0.15) is 0 Å². The lowest BCUT2D eigenvalue weighted by Crippen LogP contribution is -2.11. The first kappa shape index (κ1) is 20.2. The number of carbonyl (C=O) groups excluding carboxylic acids is 1. The van der Waals surface area contributed by atoms with Gasteiger partial charge in [0.25, 0.3) is 5.91 Å². The molecule has 30 heavy (non-hydrogen) atoms. The maximum atomic E-state index is 12.6. The van der Waals surface area contributed by atoms with Gasteiger partial charge in [0.2, 0.25) is 5.95 Å². The van der Waals surface area contributed by atoms with Gasteiger partial charge >= 0.3 is 0 Å². The number of carbonyl (C=O) groups is 1. The predicted molar refractivity (Wildman–Crippen MR) is 124 cm³/mol. The second kappa shape index (κ2) is 8.73. The van der Waals surface area contributed by atoms with Crippen LogP contribution in [0, 0.1) is 13.8 Å². The van der Waals surface area contributed by atoms with Crippen LogP contribution in [0.1, 0.15) is 21.7 Å². The first-order valence-electron chi connectivity index (χ1n) is 9.18. The number of benzene rings is 2. The van der Waals surface area contributed by atoms with E-state index in [9.17, 15) is 4.79 Å². The molecule has 0 aliphatic carbocycles. The highest BCUT2D eigenvalue weighted by atomic mass is 79.9. The molecule has 4 aromatic rings. The summed E-state index contributed by atoms with van der Waals surface area (Å²) in [6, 6.07) is 17.0. The van der Waals surface area contributed by atoms with Gasteiger partial charge < -0.3 is 5.32 Å². The van der Waals surface area contributed by atoms with Crippen molar-refractivity contribution in [3.05, 3.63) is 81.4 Å². The van der Waals surface area contributed by atoms with Crippen LogP contribution in [0.3, 0.4) is 0 Å². The molecule has 2 heterocycles. The molecule has 2 aromatic carbocycles. The van der Waals surface area contributed by atoms with Crippen LogP contribution in [-0.2, 0) is 0 Å². The zero-order valence-corrected chi connectivity index (χ0v) is 18.7. The van der Waals surface area contributed by atoms with E-state index in [2.05, 4.69) is 41.5 Å². The van der Waals surface area contributed by atoms with Crippen LogP contribution in [0.2, 0.25) is 0 Å². The van der Waals surface area contributed by atoms with E-state index in [4.69, 9.17) is 0 Å². The van der Waals surface area contributed by atoms with Crippen molar-refractivity contribution in [2.24, 2.45) is 0 Å². The number of nitrogens with one attached hydrogen (secondary N) is 2. The number of aromatic nitrogens is 3. The maximum absolute atomic E-state index is 12.6. The van der Waals surface area contributed by atoms with E-state index in [0.717, 1.165) is 32.8 Å². The standard InChI is InChI=1S/C22H18BrN5OS/c1-13-11-14(2)25-21(24-13)26-18-9-5-16(6-10-18)20(29)28-22-27-19(12-30-22)15-3-7-17(23)8-4-15/h3-12H,1-2H3,(H,24,25,26)(H,27,28,29). The Morgan fingerprint density at radius 3 is 2.27 bits per heavy atom. The van der Waals surface area contributed by atoms with Crippen LogP contribution in [0.25, 0.3) is 11.3 Å². The summed E-state index contributed by atoms with van der Waals surface area (Å²) in [6.07, 6.45) is 0. The highest BCUT2D eigenvalue weighted by Crippen LogP contribution is 2.26. The molecule has 6 nitrogen and oxygen atoms in total. The smallest absolute Gasteiger partial charge is 0.257 e. The third-order valence-corrected chi connectivity index (χ3v) is 5.54. The van der Waals surface area contributed by atoms with Crippen molar-refractivity contribution < 1.29 is 4.79 Å². The van der Waals surface area contributed by atoms with E-state index in [0.29, 0.717) is 16.6 Å². The average molecular weight is 480 g/mol. The number of halogens is 1. The molecule has 0 saturated carbocycles. The molecule has 4 rings (SSSR count). The minimum Gasteiger partial charge on any atom is -0.324 e. The number of hydrogen-bond donors (Lipinski definition) is 2. The van der Waals surface area contributed by atoms with Gasteiger partial charge in [-0.3, -0.25) is 10.1 Å². The minimum absolute atomic E-state index is 0.207. The van der Waals surface area contributed by atoms with Crippen molar-refractivity contribution in [3.63, 3.8) is 0 Å². The van der Waals surface area contributed by atoms with Crippen molar-refractivity contribution in [2.75, 3.05) is 10.6 Å². The zero-order chi connectivity index (χ0) is 21.1. The number of amides is 1. The van der Waals surface area contributed by atoms with Crippen molar-refractivity contribution in [2.45, 2.75) is 13.8 Å². The lowest BCUT2D eigenvalue weighted by molar-refractivity contribution is 0.102. The second-order valence-electron chi connectivity index (χ2n) is 6.68. The van der Waals surface area contributed by atoms with E-state index in [1.54, 1.807) is 12.1 Å². The normalized spacial score (nSPS) is 10.6. The molecule has 0 radical (unpaired) electrons. The fraction of sp³-hybridized carbons (Fsp3) is 0.0909. The van der Waals surface area contributed by atoms with Gasteiger partial charge in [-0.05, 0) is 56.3 Å². The van der Waals surface area contributed by atoms with E-state index < -0.39 is 0 Å². The summed E-state index contributed by atoms with van der Waals surface area (Å²) in [5, 5.41) is 8.50. The summed E-state index contributed by atoms with van der Waals surface area (Å²) in [5.74, 6) is 0.328. The lowest BCUT2D eigenvalue weighted by Gasteiger charge is -2.07. The summed E-state index contributed by atoms with van der Waals surface area (Å²) >= 11 is 4.82. The molecule has 150 valence electrons. The van der Waals surface area contributed by atoms with Gasteiger partial charge in [-0.2, -0.15) is 0 Å². The van der Waals surface area contributed by atoms with Crippen LogP contribution in [-0.4, -0.2) is 20.9 Å². The Kier molecular flexibility index (Phi) is 5.87. The number of anilines is 3. The van der Waals surface area contributed by atoms with Crippen LogP contribution in [0.5, 0.6) is 0 Å². The quantitative estimate of drug-likeness (QED) is 0.368. The Morgan fingerprint density at radius 1 is 0.933 bits per heavy atom. The highest BCUT2D eigenvalue weighted by Gasteiger charge is 2.10. The minimum atomic E-state index is -0.207. The molecule has 2 N–H and O–H groups in total. The largest absolute Gasteiger partial charge is 0.324 e. The molecule has 0 saturated heterocycles. The molecule has 0 bridgehead atoms. The van der Waals surface area contributed by atoms with E-state index in [1.807, 2.05) is 61.7 Å². The predicted octanol–water partition coefficient (Wildman–Crippen LogP) is 5.98. The molecule has 0 atom stereocenters. The second-order valence-corrected chi connectivity index (χ2v) is 8.45. The molecule has 8 heteroatoms. The average Bonchev–Trinajstić information content (AvgIpc) is 3.16. The Balaban J connectivity index is 1.42. The Morgan fingerprint density at radius 2 is 1.60 bits per heavy atom. The van der Waals surface area contributed by atoms with Gasteiger partial charge in [-0.1, -0.05) is 28.1 Å². The monoisotopic (exact) mass is 479 g/mol.